The van der Waals surface area contributed by atoms with Gasteiger partial charge in [-0.2, -0.15) is 0 Å². The minimum atomic E-state index is -0.0578. The van der Waals surface area contributed by atoms with Crippen molar-refractivity contribution < 1.29 is 4.79 Å². The first kappa shape index (κ1) is 14.3. The van der Waals surface area contributed by atoms with E-state index in [9.17, 15) is 4.79 Å². The van der Waals surface area contributed by atoms with Crippen molar-refractivity contribution in [1.29, 1.82) is 0 Å². The molecule has 1 amide bonds. The molecule has 0 spiro atoms. The van der Waals surface area contributed by atoms with Crippen LogP contribution in [0.2, 0.25) is 5.15 Å². The molecule has 1 atom stereocenters. The number of amides is 1. The lowest BCUT2D eigenvalue weighted by atomic mass is 10.1. The first-order chi connectivity index (χ1) is 10.2. The minimum Gasteiger partial charge on any atom is -0.358 e. The standard InChI is InChI=1S/C16H18ClN3O/c1-18-16(21)14-7-4-8-20(14)10-12-9-11-5-2-3-6-13(11)19-15(12)17/h2-3,5-6,9,14H,4,7-8,10H2,1H3,(H,18,21). The number of likely N-dealkylation sites (N-methyl/N-ethyl adjacent to an activating group) is 1. The zero-order valence-corrected chi connectivity index (χ0v) is 12.7. The summed E-state index contributed by atoms with van der Waals surface area (Å²) in [5, 5.41) is 4.34. The van der Waals surface area contributed by atoms with E-state index < -0.39 is 0 Å². The van der Waals surface area contributed by atoms with Crippen molar-refractivity contribution in [3.05, 3.63) is 41.0 Å². The van der Waals surface area contributed by atoms with E-state index in [4.69, 9.17) is 11.6 Å². The van der Waals surface area contributed by atoms with Gasteiger partial charge in [-0.25, -0.2) is 4.98 Å². The molecule has 0 aliphatic carbocycles. The Hall–Kier alpha value is -1.65. The molecule has 2 heterocycles. The second kappa shape index (κ2) is 6.00. The average Bonchev–Trinajstić information content (AvgIpc) is 2.95. The molecule has 2 aromatic rings. The fourth-order valence-corrected chi connectivity index (χ4v) is 3.15. The average molecular weight is 304 g/mol. The molecule has 21 heavy (non-hydrogen) atoms. The van der Waals surface area contributed by atoms with Crippen LogP contribution in [0.1, 0.15) is 18.4 Å². The predicted octanol–water partition coefficient (Wildman–Crippen LogP) is 2.60. The van der Waals surface area contributed by atoms with E-state index in [-0.39, 0.29) is 11.9 Å². The van der Waals surface area contributed by atoms with Gasteiger partial charge < -0.3 is 5.32 Å². The van der Waals surface area contributed by atoms with Crippen molar-refractivity contribution in [2.75, 3.05) is 13.6 Å². The third kappa shape index (κ3) is 2.87. The number of nitrogens with zero attached hydrogens (tertiary/aromatic N) is 2. The van der Waals surface area contributed by atoms with Crippen molar-refractivity contribution in [2.45, 2.75) is 25.4 Å². The van der Waals surface area contributed by atoms with Gasteiger partial charge in [-0.3, -0.25) is 9.69 Å². The summed E-state index contributed by atoms with van der Waals surface area (Å²) in [6, 6.07) is 9.94. The van der Waals surface area contributed by atoms with Crippen molar-refractivity contribution in [1.82, 2.24) is 15.2 Å². The summed E-state index contributed by atoms with van der Waals surface area (Å²) in [6.45, 7) is 1.58. The first-order valence-corrected chi connectivity index (χ1v) is 7.56. The Morgan fingerprint density at radius 1 is 1.48 bits per heavy atom. The number of para-hydroxylation sites is 1. The number of likely N-dealkylation sites (tertiary alicyclic amines) is 1. The van der Waals surface area contributed by atoms with E-state index >= 15 is 0 Å². The van der Waals surface area contributed by atoms with E-state index in [1.54, 1.807) is 7.05 Å². The summed E-state index contributed by atoms with van der Waals surface area (Å²) in [4.78, 5) is 18.5. The quantitative estimate of drug-likeness (QED) is 0.887. The number of fused-ring (bicyclic) bond motifs is 1. The Morgan fingerprint density at radius 3 is 3.10 bits per heavy atom. The maximum Gasteiger partial charge on any atom is 0.237 e. The van der Waals surface area contributed by atoms with Crippen LogP contribution in [0.5, 0.6) is 0 Å². The second-order valence-corrected chi connectivity index (χ2v) is 5.73. The molecule has 1 aliphatic heterocycles. The van der Waals surface area contributed by atoms with Crippen molar-refractivity contribution in [3.63, 3.8) is 0 Å². The fraction of sp³-hybridized carbons (Fsp3) is 0.375. The third-order valence-corrected chi connectivity index (χ3v) is 4.36. The summed E-state index contributed by atoms with van der Waals surface area (Å²) < 4.78 is 0. The maximum atomic E-state index is 11.9. The monoisotopic (exact) mass is 303 g/mol. The van der Waals surface area contributed by atoms with Gasteiger partial charge in [-0.1, -0.05) is 29.8 Å². The Morgan fingerprint density at radius 2 is 2.29 bits per heavy atom. The molecule has 0 saturated carbocycles. The lowest BCUT2D eigenvalue weighted by molar-refractivity contribution is -0.125. The zero-order valence-electron chi connectivity index (χ0n) is 12.0. The largest absolute Gasteiger partial charge is 0.358 e. The molecule has 1 fully saturated rings. The van der Waals surface area contributed by atoms with Gasteiger partial charge in [0.2, 0.25) is 5.91 Å². The van der Waals surface area contributed by atoms with Gasteiger partial charge in [0.1, 0.15) is 5.15 Å². The summed E-state index contributed by atoms with van der Waals surface area (Å²) in [6.07, 6.45) is 1.94. The number of hydrogen-bond donors (Lipinski definition) is 1. The Balaban J connectivity index is 1.87. The van der Waals surface area contributed by atoms with E-state index in [0.717, 1.165) is 35.9 Å². The number of pyridine rings is 1. The molecule has 3 rings (SSSR count). The number of benzene rings is 1. The number of nitrogens with one attached hydrogen (secondary N) is 1. The molecule has 1 N–H and O–H groups in total. The van der Waals surface area contributed by atoms with Gasteiger partial charge in [0.25, 0.3) is 0 Å². The smallest absolute Gasteiger partial charge is 0.237 e. The van der Waals surface area contributed by atoms with Crippen LogP contribution in [-0.2, 0) is 11.3 Å². The Kier molecular flexibility index (Phi) is 4.08. The number of carbonyl (C=O) groups is 1. The third-order valence-electron chi connectivity index (χ3n) is 4.04. The molecule has 4 nitrogen and oxygen atoms in total. The van der Waals surface area contributed by atoms with Crippen LogP contribution in [0.3, 0.4) is 0 Å². The van der Waals surface area contributed by atoms with E-state index in [0.29, 0.717) is 11.7 Å². The maximum absolute atomic E-state index is 11.9. The van der Waals surface area contributed by atoms with Crippen LogP contribution in [0, 0.1) is 0 Å². The van der Waals surface area contributed by atoms with Crippen LogP contribution < -0.4 is 5.32 Å². The van der Waals surface area contributed by atoms with Crippen LogP contribution in [0.25, 0.3) is 10.9 Å². The van der Waals surface area contributed by atoms with Gasteiger partial charge in [-0.15, -0.1) is 0 Å². The zero-order chi connectivity index (χ0) is 14.8. The van der Waals surface area contributed by atoms with Crippen molar-refractivity contribution in [2.24, 2.45) is 0 Å². The van der Waals surface area contributed by atoms with Crippen molar-refractivity contribution >= 4 is 28.4 Å². The Bertz CT molecular complexity index is 674. The first-order valence-electron chi connectivity index (χ1n) is 7.19. The van der Waals surface area contributed by atoms with E-state index in [1.165, 1.54) is 0 Å². The van der Waals surface area contributed by atoms with Crippen LogP contribution in [0.15, 0.2) is 30.3 Å². The minimum absolute atomic E-state index is 0.0578. The van der Waals surface area contributed by atoms with Crippen LogP contribution in [0.4, 0.5) is 0 Å². The number of hydrogen-bond acceptors (Lipinski definition) is 3. The summed E-state index contributed by atoms with van der Waals surface area (Å²) in [7, 11) is 1.68. The van der Waals surface area contributed by atoms with Gasteiger partial charge in [0.15, 0.2) is 0 Å². The highest BCUT2D eigenvalue weighted by Crippen LogP contribution is 2.25. The number of halogens is 1. The highest BCUT2D eigenvalue weighted by molar-refractivity contribution is 6.30. The van der Waals surface area contributed by atoms with E-state index in [2.05, 4.69) is 21.3 Å². The van der Waals surface area contributed by atoms with Gasteiger partial charge in [-0.05, 0) is 31.5 Å². The molecule has 110 valence electrons. The number of carbonyl (C=O) groups excluding carboxylic acids is 1. The normalized spacial score (nSPS) is 19.0. The summed E-state index contributed by atoms with van der Waals surface area (Å²) >= 11 is 6.30. The van der Waals surface area contributed by atoms with Gasteiger partial charge in [0, 0.05) is 24.5 Å². The lowest BCUT2D eigenvalue weighted by Gasteiger charge is -2.23. The van der Waals surface area contributed by atoms with Gasteiger partial charge in [0.05, 0.1) is 11.6 Å². The Labute approximate surface area is 129 Å². The second-order valence-electron chi connectivity index (χ2n) is 5.37. The highest BCUT2D eigenvalue weighted by Gasteiger charge is 2.30. The number of aromatic nitrogens is 1. The molecule has 1 aromatic heterocycles. The fourth-order valence-electron chi connectivity index (χ4n) is 2.94. The van der Waals surface area contributed by atoms with Gasteiger partial charge >= 0.3 is 0 Å². The van der Waals surface area contributed by atoms with E-state index in [1.807, 2.05) is 24.3 Å². The molecule has 5 heteroatoms. The molecular weight excluding hydrogens is 286 g/mol. The molecular formula is C16H18ClN3O. The van der Waals surface area contributed by atoms with Crippen LogP contribution >= 0.6 is 11.6 Å². The molecule has 1 unspecified atom stereocenters. The lowest BCUT2D eigenvalue weighted by Crippen LogP contribution is -2.41. The summed E-state index contributed by atoms with van der Waals surface area (Å²) in [5.41, 5.74) is 1.88. The topological polar surface area (TPSA) is 45.2 Å². The molecule has 0 radical (unpaired) electrons. The predicted molar refractivity (Wildman–Crippen MR) is 84.3 cm³/mol. The molecule has 0 bridgehead atoms. The number of rotatable bonds is 3. The SMILES string of the molecule is CNC(=O)C1CCCN1Cc1cc2ccccc2nc1Cl. The molecule has 1 saturated heterocycles. The molecule has 1 aliphatic rings. The highest BCUT2D eigenvalue weighted by atomic mass is 35.5. The van der Waals surface area contributed by atoms with Crippen LogP contribution in [-0.4, -0.2) is 35.4 Å². The van der Waals surface area contributed by atoms with Crippen molar-refractivity contribution in [3.8, 4) is 0 Å². The summed E-state index contributed by atoms with van der Waals surface area (Å²) in [5.74, 6) is 0.0809. The molecule has 1 aromatic carbocycles.